The fraction of sp³-hybridized carbons (Fsp3) is 0.294. The Kier molecular flexibility index (Phi) is 4.80. The number of halogens is 1. The van der Waals surface area contributed by atoms with Crippen LogP contribution in [-0.4, -0.2) is 28.0 Å². The summed E-state index contributed by atoms with van der Waals surface area (Å²) in [7, 11) is 0. The zero-order valence-corrected chi connectivity index (χ0v) is 13.9. The smallest absolute Gasteiger partial charge is 0.330 e. The van der Waals surface area contributed by atoms with Crippen LogP contribution in [0.15, 0.2) is 36.4 Å². The van der Waals surface area contributed by atoms with Crippen LogP contribution in [0.3, 0.4) is 0 Å². The summed E-state index contributed by atoms with van der Waals surface area (Å²) in [5.74, 6) is -1.60. The van der Waals surface area contributed by atoms with Crippen LogP contribution in [0.25, 0.3) is 10.9 Å². The van der Waals surface area contributed by atoms with E-state index in [4.69, 9.17) is 11.6 Å². The Morgan fingerprint density at radius 1 is 1.30 bits per heavy atom. The van der Waals surface area contributed by atoms with Crippen LogP contribution in [-0.2, 0) is 4.79 Å². The average Bonchev–Trinajstić information content (AvgIpc) is 2.84. The Hall–Kier alpha value is -2.27. The van der Waals surface area contributed by atoms with E-state index < -0.39 is 17.9 Å². The van der Waals surface area contributed by atoms with Crippen molar-refractivity contribution < 1.29 is 14.7 Å². The van der Waals surface area contributed by atoms with Gasteiger partial charge in [-0.15, -0.1) is 0 Å². The molecule has 2 aromatic rings. The predicted molar refractivity (Wildman–Crippen MR) is 90.8 cm³/mol. The quantitative estimate of drug-likeness (QED) is 0.747. The van der Waals surface area contributed by atoms with E-state index in [1.807, 2.05) is 20.8 Å². The summed E-state index contributed by atoms with van der Waals surface area (Å²) in [5, 5.41) is 13.1. The molecule has 0 bridgehead atoms. The molecule has 23 heavy (non-hydrogen) atoms. The molecular formula is C17H19ClN2O3. The lowest BCUT2D eigenvalue weighted by atomic mass is 9.95. The maximum Gasteiger partial charge on any atom is 0.330 e. The SMILES string of the molecule is CC(C)(C)/C=C/C(NC(=O)c1cc2cc(Cl)ccc2[nH]1)C(=O)O. The van der Waals surface area contributed by atoms with E-state index in [0.717, 1.165) is 10.9 Å². The first kappa shape index (κ1) is 17.1. The molecule has 1 aromatic carbocycles. The predicted octanol–water partition coefficient (Wildman–Crippen LogP) is 3.61. The highest BCUT2D eigenvalue weighted by atomic mass is 35.5. The monoisotopic (exact) mass is 334 g/mol. The molecule has 1 unspecified atom stereocenters. The number of aromatic nitrogens is 1. The summed E-state index contributed by atoms with van der Waals surface area (Å²) in [6.45, 7) is 5.85. The van der Waals surface area contributed by atoms with Crippen molar-refractivity contribution in [1.82, 2.24) is 10.3 Å². The largest absolute Gasteiger partial charge is 0.479 e. The van der Waals surface area contributed by atoms with Gasteiger partial charge in [-0.05, 0) is 29.7 Å². The number of amides is 1. The van der Waals surface area contributed by atoms with Crippen molar-refractivity contribution in [3.63, 3.8) is 0 Å². The first-order valence-corrected chi connectivity index (χ1v) is 7.55. The third kappa shape index (κ3) is 4.60. The number of carbonyl (C=O) groups excluding carboxylic acids is 1. The zero-order valence-electron chi connectivity index (χ0n) is 13.2. The molecule has 1 heterocycles. The number of carboxylic acid groups (broad SMARTS) is 1. The number of aliphatic carboxylic acids is 1. The molecule has 5 nitrogen and oxygen atoms in total. The number of hydrogen-bond donors (Lipinski definition) is 3. The maximum atomic E-state index is 12.3. The van der Waals surface area contributed by atoms with E-state index in [1.54, 1.807) is 30.3 Å². The highest BCUT2D eigenvalue weighted by Gasteiger charge is 2.20. The minimum absolute atomic E-state index is 0.170. The first-order valence-electron chi connectivity index (χ1n) is 7.17. The van der Waals surface area contributed by atoms with E-state index in [0.29, 0.717) is 5.02 Å². The number of carboxylic acids is 1. The van der Waals surface area contributed by atoms with Gasteiger partial charge in [0.05, 0.1) is 0 Å². The van der Waals surface area contributed by atoms with Crippen LogP contribution in [0.4, 0.5) is 0 Å². The summed E-state index contributed by atoms with van der Waals surface area (Å²) in [4.78, 5) is 26.5. The number of benzene rings is 1. The number of allylic oxidation sites excluding steroid dienone is 1. The van der Waals surface area contributed by atoms with Gasteiger partial charge >= 0.3 is 5.97 Å². The van der Waals surface area contributed by atoms with Gasteiger partial charge in [0.15, 0.2) is 0 Å². The fourth-order valence-corrected chi connectivity index (χ4v) is 2.20. The molecule has 0 aliphatic heterocycles. The molecule has 0 saturated heterocycles. The second-order valence-electron chi connectivity index (χ2n) is 6.43. The lowest BCUT2D eigenvalue weighted by Crippen LogP contribution is -2.39. The van der Waals surface area contributed by atoms with Crippen LogP contribution in [0, 0.1) is 5.41 Å². The van der Waals surface area contributed by atoms with Crippen LogP contribution in [0.5, 0.6) is 0 Å². The standard InChI is InChI=1S/C17H19ClN2O3/c1-17(2,3)7-6-13(16(22)23)20-15(21)14-9-10-8-11(18)4-5-12(10)19-14/h4-9,13,19H,1-3H3,(H,20,21)(H,22,23)/b7-6+. The van der Waals surface area contributed by atoms with Gasteiger partial charge in [0, 0.05) is 15.9 Å². The molecule has 0 spiro atoms. The molecule has 1 atom stereocenters. The molecule has 2 rings (SSSR count). The van der Waals surface area contributed by atoms with Gasteiger partial charge in [-0.3, -0.25) is 4.79 Å². The molecule has 3 N–H and O–H groups in total. The van der Waals surface area contributed by atoms with Crippen LogP contribution < -0.4 is 5.32 Å². The van der Waals surface area contributed by atoms with Gasteiger partial charge in [-0.1, -0.05) is 44.5 Å². The minimum atomic E-state index is -1.11. The summed E-state index contributed by atoms with van der Waals surface area (Å²) in [5.41, 5.74) is 0.880. The van der Waals surface area contributed by atoms with Gasteiger partial charge in [-0.2, -0.15) is 0 Å². The second kappa shape index (κ2) is 6.46. The van der Waals surface area contributed by atoms with E-state index in [1.165, 1.54) is 6.08 Å². The molecule has 0 saturated carbocycles. The van der Waals surface area contributed by atoms with E-state index in [-0.39, 0.29) is 11.1 Å². The lowest BCUT2D eigenvalue weighted by molar-refractivity contribution is -0.137. The number of nitrogens with one attached hydrogen (secondary N) is 2. The van der Waals surface area contributed by atoms with Crippen LogP contribution in [0.2, 0.25) is 5.02 Å². The molecule has 0 fully saturated rings. The number of carbonyl (C=O) groups is 2. The normalized spacial score (nSPS) is 13.4. The van der Waals surface area contributed by atoms with Gasteiger partial charge in [-0.25, -0.2) is 4.79 Å². The Bertz CT molecular complexity index is 772. The second-order valence-corrected chi connectivity index (χ2v) is 6.87. The molecule has 0 radical (unpaired) electrons. The number of hydrogen-bond acceptors (Lipinski definition) is 2. The van der Waals surface area contributed by atoms with Gasteiger partial charge in [0.25, 0.3) is 5.91 Å². The molecule has 122 valence electrons. The van der Waals surface area contributed by atoms with E-state index in [2.05, 4.69) is 10.3 Å². The summed E-state index contributed by atoms with van der Waals surface area (Å²) < 4.78 is 0. The van der Waals surface area contributed by atoms with E-state index >= 15 is 0 Å². The number of rotatable bonds is 4. The number of fused-ring (bicyclic) bond motifs is 1. The van der Waals surface area contributed by atoms with E-state index in [9.17, 15) is 14.7 Å². The molecule has 1 amide bonds. The molecule has 0 aliphatic carbocycles. The van der Waals surface area contributed by atoms with Crippen molar-refractivity contribution in [1.29, 1.82) is 0 Å². The van der Waals surface area contributed by atoms with Crippen molar-refractivity contribution in [2.75, 3.05) is 0 Å². The van der Waals surface area contributed by atoms with Gasteiger partial charge in [0.2, 0.25) is 0 Å². The minimum Gasteiger partial charge on any atom is -0.479 e. The lowest BCUT2D eigenvalue weighted by Gasteiger charge is -2.14. The molecule has 1 aromatic heterocycles. The fourth-order valence-electron chi connectivity index (χ4n) is 2.02. The molecule has 0 aliphatic rings. The maximum absolute atomic E-state index is 12.3. The Morgan fingerprint density at radius 3 is 2.61 bits per heavy atom. The van der Waals surface area contributed by atoms with Gasteiger partial charge in [0.1, 0.15) is 11.7 Å². The third-order valence-corrected chi connectivity index (χ3v) is 3.40. The topological polar surface area (TPSA) is 82.2 Å². The van der Waals surface area contributed by atoms with Crippen LogP contribution in [0.1, 0.15) is 31.3 Å². The third-order valence-electron chi connectivity index (χ3n) is 3.17. The van der Waals surface area contributed by atoms with Crippen molar-refractivity contribution >= 4 is 34.4 Å². The Balaban J connectivity index is 2.20. The molecule has 6 heteroatoms. The average molecular weight is 335 g/mol. The summed E-state index contributed by atoms with van der Waals surface area (Å²) in [6, 6.07) is 5.77. The highest BCUT2D eigenvalue weighted by molar-refractivity contribution is 6.31. The van der Waals surface area contributed by atoms with Gasteiger partial charge < -0.3 is 15.4 Å². The summed E-state index contributed by atoms with van der Waals surface area (Å²) >= 11 is 5.92. The van der Waals surface area contributed by atoms with Crippen molar-refractivity contribution in [2.24, 2.45) is 5.41 Å². The Morgan fingerprint density at radius 2 is 2.00 bits per heavy atom. The zero-order chi connectivity index (χ0) is 17.2. The van der Waals surface area contributed by atoms with Crippen LogP contribution >= 0.6 is 11.6 Å². The van der Waals surface area contributed by atoms with Crippen molar-refractivity contribution in [2.45, 2.75) is 26.8 Å². The first-order chi connectivity index (χ1) is 10.7. The van der Waals surface area contributed by atoms with Crippen molar-refractivity contribution in [3.05, 3.63) is 47.1 Å². The molecular weight excluding hydrogens is 316 g/mol. The number of H-pyrrole nitrogens is 1. The highest BCUT2D eigenvalue weighted by Crippen LogP contribution is 2.20. The van der Waals surface area contributed by atoms with Crippen molar-refractivity contribution in [3.8, 4) is 0 Å². The summed E-state index contributed by atoms with van der Waals surface area (Å²) in [6.07, 6.45) is 3.25. The Labute approximate surface area is 139 Å². The number of aromatic amines is 1.